The zero-order valence-corrected chi connectivity index (χ0v) is 13.7. The molecule has 0 radical (unpaired) electrons. The maximum Gasteiger partial charge on any atom is 0.0187 e. The molecule has 0 amide bonds. The highest BCUT2D eigenvalue weighted by molar-refractivity contribution is 7.99. The van der Waals surface area contributed by atoms with Crippen LogP contribution in [0, 0.1) is 0 Å². The van der Waals surface area contributed by atoms with Gasteiger partial charge in [-0.3, -0.25) is 0 Å². The van der Waals surface area contributed by atoms with Crippen LogP contribution in [0.2, 0.25) is 0 Å². The van der Waals surface area contributed by atoms with Crippen LogP contribution in [-0.4, -0.2) is 12.5 Å². The fraction of sp³-hybridized carbons (Fsp3) is 0.250. The summed E-state index contributed by atoms with van der Waals surface area (Å²) >= 11 is 5.56. The molecule has 19 heavy (non-hydrogen) atoms. The lowest BCUT2D eigenvalue weighted by Crippen LogP contribution is -1.84. The second-order valence-electron chi connectivity index (χ2n) is 4.19. The number of rotatable bonds is 6. The smallest absolute Gasteiger partial charge is 0.0187 e. The molecule has 0 N–H and O–H groups in total. The van der Waals surface area contributed by atoms with Crippen LogP contribution in [0.15, 0.2) is 58.3 Å². The van der Waals surface area contributed by atoms with E-state index in [1.165, 1.54) is 20.9 Å². The Morgan fingerprint density at radius 2 is 1.00 bits per heavy atom. The van der Waals surface area contributed by atoms with Crippen molar-refractivity contribution in [3.8, 4) is 0 Å². The van der Waals surface area contributed by atoms with Gasteiger partial charge in [0.15, 0.2) is 0 Å². The van der Waals surface area contributed by atoms with Crippen LogP contribution < -0.4 is 0 Å². The lowest BCUT2D eigenvalue weighted by molar-refractivity contribution is 1.32. The molecule has 3 heteroatoms. The molecule has 0 unspecified atom stereocenters. The Bertz CT molecular complexity index is 441. The van der Waals surface area contributed by atoms with E-state index in [0.717, 1.165) is 11.5 Å². The van der Waals surface area contributed by atoms with Gasteiger partial charge in [-0.2, -0.15) is 11.8 Å². The van der Waals surface area contributed by atoms with Gasteiger partial charge in [-0.15, -0.1) is 23.5 Å². The summed E-state index contributed by atoms with van der Waals surface area (Å²) in [6, 6.07) is 17.7. The normalized spacial score (nSPS) is 10.6. The first-order chi connectivity index (χ1) is 9.31. The molecule has 0 aliphatic rings. The van der Waals surface area contributed by atoms with Gasteiger partial charge in [0.2, 0.25) is 0 Å². The zero-order chi connectivity index (χ0) is 13.5. The molecule has 2 aromatic carbocycles. The third-order valence-electron chi connectivity index (χ3n) is 2.86. The lowest BCUT2D eigenvalue weighted by Gasteiger charge is -2.04. The summed E-state index contributed by atoms with van der Waals surface area (Å²) in [5.41, 5.74) is 2.81. The van der Waals surface area contributed by atoms with Gasteiger partial charge in [0, 0.05) is 21.3 Å². The third kappa shape index (κ3) is 4.83. The number of benzene rings is 2. The van der Waals surface area contributed by atoms with Crippen molar-refractivity contribution in [3.05, 3.63) is 59.7 Å². The Kier molecular flexibility index (Phi) is 6.21. The van der Waals surface area contributed by atoms with E-state index >= 15 is 0 Å². The van der Waals surface area contributed by atoms with Crippen LogP contribution in [0.1, 0.15) is 11.1 Å². The summed E-state index contributed by atoms with van der Waals surface area (Å²) in [4.78, 5) is 2.67. The summed E-state index contributed by atoms with van der Waals surface area (Å²) in [6.45, 7) is 0. The van der Waals surface area contributed by atoms with E-state index in [9.17, 15) is 0 Å². The molecule has 0 saturated carbocycles. The van der Waals surface area contributed by atoms with E-state index in [2.05, 4.69) is 61.0 Å². The number of hydrogen-bond donors (Lipinski definition) is 0. The Morgan fingerprint density at radius 1 is 0.632 bits per heavy atom. The molecule has 2 rings (SSSR count). The molecule has 0 fully saturated rings. The van der Waals surface area contributed by atoms with Crippen molar-refractivity contribution in [1.29, 1.82) is 0 Å². The predicted octanol–water partition coefficient (Wildman–Crippen LogP) is 5.56. The minimum Gasteiger partial charge on any atom is -0.152 e. The molecule has 0 atom stereocenters. The molecule has 0 aromatic heterocycles. The van der Waals surface area contributed by atoms with Gasteiger partial charge in [-0.05, 0) is 47.9 Å². The van der Waals surface area contributed by atoms with E-state index < -0.39 is 0 Å². The Balaban J connectivity index is 1.81. The summed E-state index contributed by atoms with van der Waals surface area (Å²) in [5, 5.41) is 0. The van der Waals surface area contributed by atoms with Gasteiger partial charge < -0.3 is 0 Å². The van der Waals surface area contributed by atoms with Crippen molar-refractivity contribution in [2.45, 2.75) is 21.3 Å². The van der Waals surface area contributed by atoms with Gasteiger partial charge in [-0.25, -0.2) is 0 Å². The average Bonchev–Trinajstić information content (AvgIpc) is 2.49. The number of thioether (sulfide) groups is 3. The van der Waals surface area contributed by atoms with E-state index in [1.54, 1.807) is 23.5 Å². The fourth-order valence-corrected chi connectivity index (χ4v) is 3.51. The lowest BCUT2D eigenvalue weighted by atomic mass is 10.2. The van der Waals surface area contributed by atoms with Crippen LogP contribution in [0.3, 0.4) is 0 Å². The number of hydrogen-bond acceptors (Lipinski definition) is 3. The fourth-order valence-electron chi connectivity index (χ4n) is 1.73. The molecule has 0 nitrogen and oxygen atoms in total. The van der Waals surface area contributed by atoms with Crippen LogP contribution in [-0.2, 0) is 11.5 Å². The molecular weight excluding hydrogens is 288 g/mol. The maximum atomic E-state index is 2.23. The summed E-state index contributed by atoms with van der Waals surface area (Å²) < 4.78 is 0. The van der Waals surface area contributed by atoms with Gasteiger partial charge in [0.1, 0.15) is 0 Å². The monoisotopic (exact) mass is 306 g/mol. The van der Waals surface area contributed by atoms with Crippen molar-refractivity contribution in [1.82, 2.24) is 0 Å². The Morgan fingerprint density at radius 3 is 1.32 bits per heavy atom. The maximum absolute atomic E-state index is 2.23. The highest BCUT2D eigenvalue weighted by Gasteiger charge is 1.97. The van der Waals surface area contributed by atoms with Gasteiger partial charge in [0.25, 0.3) is 0 Å². The Labute approximate surface area is 128 Å². The zero-order valence-electron chi connectivity index (χ0n) is 11.3. The van der Waals surface area contributed by atoms with Crippen molar-refractivity contribution in [2.24, 2.45) is 0 Å². The molecule has 0 heterocycles. The van der Waals surface area contributed by atoms with Crippen LogP contribution in [0.4, 0.5) is 0 Å². The molecular formula is C16H18S3. The molecule has 0 aliphatic heterocycles. The van der Waals surface area contributed by atoms with E-state index in [1.807, 2.05) is 11.8 Å². The minimum absolute atomic E-state index is 1.08. The topological polar surface area (TPSA) is 0 Å². The second-order valence-corrected chi connectivity index (χ2v) is 6.93. The SMILES string of the molecule is CSc1ccc(CSCc2ccc(SC)cc2)cc1. The van der Waals surface area contributed by atoms with Gasteiger partial charge in [0.05, 0.1) is 0 Å². The first-order valence-electron chi connectivity index (χ1n) is 6.15. The van der Waals surface area contributed by atoms with E-state index in [4.69, 9.17) is 0 Å². The minimum atomic E-state index is 1.08. The second kappa shape index (κ2) is 7.93. The highest BCUT2D eigenvalue weighted by atomic mass is 32.2. The molecule has 100 valence electrons. The van der Waals surface area contributed by atoms with E-state index in [-0.39, 0.29) is 0 Å². The molecule has 0 spiro atoms. The first-order valence-corrected chi connectivity index (χ1v) is 9.76. The summed E-state index contributed by atoms with van der Waals surface area (Å²) in [7, 11) is 0. The van der Waals surface area contributed by atoms with Crippen LogP contribution >= 0.6 is 35.3 Å². The van der Waals surface area contributed by atoms with Crippen molar-refractivity contribution in [2.75, 3.05) is 12.5 Å². The van der Waals surface area contributed by atoms with Crippen molar-refractivity contribution >= 4 is 35.3 Å². The summed E-state index contributed by atoms with van der Waals surface area (Å²) in [5.74, 6) is 2.16. The average molecular weight is 307 g/mol. The van der Waals surface area contributed by atoms with Gasteiger partial charge in [-0.1, -0.05) is 24.3 Å². The van der Waals surface area contributed by atoms with Gasteiger partial charge >= 0.3 is 0 Å². The Hall–Kier alpha value is -0.510. The molecule has 0 bridgehead atoms. The predicted molar refractivity (Wildman–Crippen MR) is 91.4 cm³/mol. The molecule has 0 aliphatic carbocycles. The third-order valence-corrected chi connectivity index (χ3v) is 5.42. The first kappa shape index (κ1) is 14.9. The van der Waals surface area contributed by atoms with Crippen LogP contribution in [0.25, 0.3) is 0 Å². The highest BCUT2D eigenvalue weighted by Crippen LogP contribution is 2.22. The molecule has 0 saturated heterocycles. The van der Waals surface area contributed by atoms with Crippen molar-refractivity contribution < 1.29 is 0 Å². The largest absolute Gasteiger partial charge is 0.152 e. The van der Waals surface area contributed by atoms with E-state index in [0.29, 0.717) is 0 Å². The van der Waals surface area contributed by atoms with Crippen molar-refractivity contribution in [3.63, 3.8) is 0 Å². The standard InChI is InChI=1S/C16H18S3/c1-17-15-7-3-13(4-8-15)11-19-12-14-5-9-16(18-2)10-6-14/h3-10H,11-12H2,1-2H3. The molecule has 2 aromatic rings. The quantitative estimate of drug-likeness (QED) is 0.641. The van der Waals surface area contributed by atoms with Crippen LogP contribution in [0.5, 0.6) is 0 Å². The summed E-state index contributed by atoms with van der Waals surface area (Å²) in [6.07, 6.45) is 4.23.